The van der Waals surface area contributed by atoms with Crippen molar-refractivity contribution >= 4 is 5.91 Å². The molecule has 1 amide bonds. The van der Waals surface area contributed by atoms with Crippen LogP contribution in [0.3, 0.4) is 0 Å². The van der Waals surface area contributed by atoms with Gasteiger partial charge in [0.05, 0.1) is 12.7 Å². The average Bonchev–Trinajstić information content (AvgIpc) is 2.42. The number of nitrogens with one attached hydrogen (secondary N) is 1. The van der Waals surface area contributed by atoms with Gasteiger partial charge < -0.3 is 20.9 Å². The molecule has 0 aromatic heterocycles. The van der Waals surface area contributed by atoms with E-state index in [1.807, 2.05) is 0 Å². The Bertz CT molecular complexity index is 421. The average molecular weight is 266 g/mol. The molecule has 1 aromatic rings. The van der Waals surface area contributed by atoms with Gasteiger partial charge in [0.1, 0.15) is 11.5 Å². The minimum Gasteiger partial charge on any atom is -0.507 e. The Morgan fingerprint density at radius 1 is 1.53 bits per heavy atom. The van der Waals surface area contributed by atoms with E-state index in [9.17, 15) is 9.90 Å². The Kier molecular flexibility index (Phi) is 6.15. The van der Waals surface area contributed by atoms with E-state index in [-0.39, 0.29) is 17.2 Å². The van der Waals surface area contributed by atoms with Gasteiger partial charge in [-0.1, -0.05) is 6.92 Å². The number of nitrogens with two attached hydrogens (primary N) is 1. The summed E-state index contributed by atoms with van der Waals surface area (Å²) in [4.78, 5) is 11.8. The van der Waals surface area contributed by atoms with Gasteiger partial charge in [-0.05, 0) is 37.4 Å². The van der Waals surface area contributed by atoms with Gasteiger partial charge in [-0.15, -0.1) is 0 Å². The van der Waals surface area contributed by atoms with E-state index in [2.05, 4.69) is 12.2 Å². The third kappa shape index (κ3) is 4.79. The minimum absolute atomic E-state index is 0.0767. The molecule has 0 saturated carbocycles. The molecule has 4 N–H and O–H groups in total. The summed E-state index contributed by atoms with van der Waals surface area (Å²) in [6, 6.07) is 4.61. The lowest BCUT2D eigenvalue weighted by Gasteiger charge is -2.10. The summed E-state index contributed by atoms with van der Waals surface area (Å²) in [5.74, 6) is 0.629. The van der Waals surface area contributed by atoms with Crippen LogP contribution >= 0.6 is 0 Å². The Balaban J connectivity index is 2.45. The third-order valence-electron chi connectivity index (χ3n) is 3.01. The number of methoxy groups -OCH3 is 1. The summed E-state index contributed by atoms with van der Waals surface area (Å²) in [5, 5.41) is 12.5. The lowest BCUT2D eigenvalue weighted by Crippen LogP contribution is -2.25. The lowest BCUT2D eigenvalue weighted by molar-refractivity contribution is 0.0950. The second-order valence-electron chi connectivity index (χ2n) is 4.62. The third-order valence-corrected chi connectivity index (χ3v) is 3.01. The zero-order valence-corrected chi connectivity index (χ0v) is 11.5. The Morgan fingerprint density at radius 3 is 2.84 bits per heavy atom. The van der Waals surface area contributed by atoms with Gasteiger partial charge in [-0.3, -0.25) is 4.79 Å². The maximum absolute atomic E-state index is 11.8. The number of rotatable bonds is 7. The van der Waals surface area contributed by atoms with Crippen LogP contribution in [-0.4, -0.2) is 31.2 Å². The van der Waals surface area contributed by atoms with Crippen molar-refractivity contribution in [3.8, 4) is 11.5 Å². The molecule has 1 unspecified atom stereocenters. The monoisotopic (exact) mass is 266 g/mol. The van der Waals surface area contributed by atoms with E-state index in [0.29, 0.717) is 24.8 Å². The topological polar surface area (TPSA) is 84.6 Å². The highest BCUT2D eigenvalue weighted by atomic mass is 16.5. The quantitative estimate of drug-likeness (QED) is 0.653. The van der Waals surface area contributed by atoms with Gasteiger partial charge >= 0.3 is 0 Å². The normalized spacial score (nSPS) is 11.9. The predicted octanol–water partition coefficient (Wildman–Crippen LogP) is 1.51. The van der Waals surface area contributed by atoms with E-state index in [4.69, 9.17) is 10.5 Å². The maximum atomic E-state index is 11.8. The molecule has 0 spiro atoms. The molecule has 0 aliphatic heterocycles. The first kappa shape index (κ1) is 15.3. The van der Waals surface area contributed by atoms with Crippen molar-refractivity contribution in [2.75, 3.05) is 20.2 Å². The fourth-order valence-corrected chi connectivity index (χ4v) is 1.70. The number of hydrogen-bond donors (Lipinski definition) is 3. The van der Waals surface area contributed by atoms with Crippen LogP contribution in [0.5, 0.6) is 11.5 Å². The number of benzene rings is 1. The van der Waals surface area contributed by atoms with Crippen molar-refractivity contribution in [3.63, 3.8) is 0 Å². The first-order valence-electron chi connectivity index (χ1n) is 6.43. The fourth-order valence-electron chi connectivity index (χ4n) is 1.70. The van der Waals surface area contributed by atoms with Crippen LogP contribution in [0.25, 0.3) is 0 Å². The van der Waals surface area contributed by atoms with Crippen molar-refractivity contribution in [1.29, 1.82) is 0 Å². The van der Waals surface area contributed by atoms with Crippen LogP contribution in [0.1, 0.15) is 30.1 Å². The fraction of sp³-hybridized carbons (Fsp3) is 0.500. The SMILES string of the molecule is COc1ccc(C(=O)NCCCC(C)CN)c(O)c1. The summed E-state index contributed by atoms with van der Waals surface area (Å²) in [5.41, 5.74) is 5.78. The molecule has 0 aliphatic carbocycles. The molecule has 19 heavy (non-hydrogen) atoms. The van der Waals surface area contributed by atoms with Gasteiger partial charge in [0.15, 0.2) is 0 Å². The first-order chi connectivity index (χ1) is 9.08. The van der Waals surface area contributed by atoms with E-state index in [1.54, 1.807) is 12.1 Å². The summed E-state index contributed by atoms with van der Waals surface area (Å²) in [6.07, 6.45) is 1.85. The number of hydrogen-bond acceptors (Lipinski definition) is 4. The second-order valence-corrected chi connectivity index (χ2v) is 4.62. The molecule has 1 rings (SSSR count). The summed E-state index contributed by atoms with van der Waals surface area (Å²) < 4.78 is 4.96. The van der Waals surface area contributed by atoms with Crippen LogP contribution in [-0.2, 0) is 0 Å². The molecule has 1 atom stereocenters. The molecule has 0 fully saturated rings. The Labute approximate surface area is 113 Å². The molecular weight excluding hydrogens is 244 g/mol. The number of phenolic OH excluding ortho intramolecular Hbond substituents is 1. The standard InChI is InChI=1S/C14H22N2O3/c1-10(9-15)4-3-7-16-14(18)12-6-5-11(19-2)8-13(12)17/h5-6,8,10,17H,3-4,7,9,15H2,1-2H3,(H,16,18). The van der Waals surface area contributed by atoms with Gasteiger partial charge in [-0.25, -0.2) is 0 Å². The first-order valence-corrected chi connectivity index (χ1v) is 6.43. The van der Waals surface area contributed by atoms with Crippen LogP contribution < -0.4 is 15.8 Å². The maximum Gasteiger partial charge on any atom is 0.255 e. The van der Waals surface area contributed by atoms with Gasteiger partial charge in [0.25, 0.3) is 5.91 Å². The van der Waals surface area contributed by atoms with Crippen molar-refractivity contribution in [1.82, 2.24) is 5.32 Å². The van der Waals surface area contributed by atoms with Crippen LogP contribution in [0.15, 0.2) is 18.2 Å². The number of carbonyl (C=O) groups excluding carboxylic acids is 1. The molecular formula is C14H22N2O3. The largest absolute Gasteiger partial charge is 0.507 e. The van der Waals surface area contributed by atoms with Gasteiger partial charge in [0.2, 0.25) is 0 Å². The molecule has 0 bridgehead atoms. The van der Waals surface area contributed by atoms with Crippen LogP contribution in [0.2, 0.25) is 0 Å². The number of carbonyl (C=O) groups is 1. The highest BCUT2D eigenvalue weighted by Gasteiger charge is 2.11. The lowest BCUT2D eigenvalue weighted by atomic mass is 10.1. The zero-order chi connectivity index (χ0) is 14.3. The number of aromatic hydroxyl groups is 1. The zero-order valence-electron chi connectivity index (χ0n) is 11.5. The molecule has 0 radical (unpaired) electrons. The highest BCUT2D eigenvalue weighted by molar-refractivity contribution is 5.96. The van der Waals surface area contributed by atoms with Crippen molar-refractivity contribution < 1.29 is 14.6 Å². The van der Waals surface area contributed by atoms with E-state index >= 15 is 0 Å². The molecule has 106 valence electrons. The minimum atomic E-state index is -0.277. The smallest absolute Gasteiger partial charge is 0.255 e. The molecule has 5 nitrogen and oxygen atoms in total. The number of phenols is 1. The predicted molar refractivity (Wildman–Crippen MR) is 74.4 cm³/mol. The summed E-state index contributed by atoms with van der Waals surface area (Å²) in [7, 11) is 1.51. The van der Waals surface area contributed by atoms with Crippen LogP contribution in [0, 0.1) is 5.92 Å². The highest BCUT2D eigenvalue weighted by Crippen LogP contribution is 2.23. The van der Waals surface area contributed by atoms with Gasteiger partial charge in [-0.2, -0.15) is 0 Å². The molecule has 0 saturated heterocycles. The molecule has 5 heteroatoms. The van der Waals surface area contributed by atoms with E-state index in [0.717, 1.165) is 12.8 Å². The van der Waals surface area contributed by atoms with Gasteiger partial charge in [0, 0.05) is 12.6 Å². The molecule has 0 heterocycles. The van der Waals surface area contributed by atoms with Crippen molar-refractivity contribution in [2.45, 2.75) is 19.8 Å². The van der Waals surface area contributed by atoms with Crippen molar-refractivity contribution in [2.24, 2.45) is 11.7 Å². The molecule has 0 aliphatic rings. The van der Waals surface area contributed by atoms with Crippen LogP contribution in [0.4, 0.5) is 0 Å². The summed E-state index contributed by atoms with van der Waals surface area (Å²) in [6.45, 7) is 3.32. The number of amides is 1. The Morgan fingerprint density at radius 2 is 2.26 bits per heavy atom. The summed E-state index contributed by atoms with van der Waals surface area (Å²) >= 11 is 0. The molecule has 1 aromatic carbocycles. The van der Waals surface area contributed by atoms with E-state index in [1.165, 1.54) is 13.2 Å². The number of ether oxygens (including phenoxy) is 1. The van der Waals surface area contributed by atoms with Crippen molar-refractivity contribution in [3.05, 3.63) is 23.8 Å². The Hall–Kier alpha value is -1.75. The van der Waals surface area contributed by atoms with E-state index < -0.39 is 0 Å². The second kappa shape index (κ2) is 7.63.